The monoisotopic (exact) mass is 339 g/mol. The molecule has 2 heterocycles. The van der Waals surface area contributed by atoms with Crippen molar-refractivity contribution in [2.75, 3.05) is 13.1 Å². The van der Waals surface area contributed by atoms with E-state index in [9.17, 15) is 4.79 Å². The molecule has 1 aliphatic carbocycles. The van der Waals surface area contributed by atoms with Crippen molar-refractivity contribution in [2.45, 2.75) is 57.3 Å². The van der Waals surface area contributed by atoms with Crippen molar-refractivity contribution >= 4 is 5.91 Å². The van der Waals surface area contributed by atoms with Crippen LogP contribution >= 0.6 is 0 Å². The average Bonchev–Trinajstić information content (AvgIpc) is 3.09. The van der Waals surface area contributed by atoms with E-state index in [1.165, 1.54) is 17.5 Å². The number of carbonyl (C=O) groups excluding carboxylic acids is 1. The Morgan fingerprint density at radius 3 is 3.00 bits per heavy atom. The smallest absolute Gasteiger partial charge is 0.223 e. The van der Waals surface area contributed by atoms with Crippen LogP contribution in [0, 0.1) is 6.92 Å². The molecule has 0 radical (unpaired) electrons. The third-order valence-electron chi connectivity index (χ3n) is 5.60. The largest absolute Gasteiger partial charge is 0.342 e. The predicted molar refractivity (Wildman–Crippen MR) is 94.3 cm³/mol. The summed E-state index contributed by atoms with van der Waals surface area (Å²) in [5, 5.41) is 4.05. The van der Waals surface area contributed by atoms with E-state index in [0.717, 1.165) is 38.1 Å². The lowest BCUT2D eigenvalue weighted by molar-refractivity contribution is -0.133. The Balaban J connectivity index is 1.43. The summed E-state index contributed by atoms with van der Waals surface area (Å²) in [6.45, 7) is 3.37. The molecule has 25 heavy (non-hydrogen) atoms. The minimum absolute atomic E-state index is 0.203. The van der Waals surface area contributed by atoms with Crippen molar-refractivity contribution in [1.82, 2.24) is 15.0 Å². The molecule has 1 aromatic heterocycles. The first-order valence-electron chi connectivity index (χ1n) is 9.36. The number of benzene rings is 1. The molecule has 2 atom stereocenters. The average molecular weight is 339 g/mol. The van der Waals surface area contributed by atoms with Crippen molar-refractivity contribution in [2.24, 2.45) is 0 Å². The van der Waals surface area contributed by atoms with E-state index in [-0.39, 0.29) is 11.8 Å². The van der Waals surface area contributed by atoms with Crippen LogP contribution in [0.1, 0.15) is 66.8 Å². The SMILES string of the molecule is Cc1nc([C@@H]2CCCN(C(=O)C[C@H]3CCCc4ccccc43)C2)no1. The molecule has 1 saturated heterocycles. The highest BCUT2D eigenvalue weighted by Crippen LogP contribution is 2.35. The van der Waals surface area contributed by atoms with Gasteiger partial charge in [0.15, 0.2) is 5.82 Å². The van der Waals surface area contributed by atoms with E-state index in [4.69, 9.17) is 4.52 Å². The van der Waals surface area contributed by atoms with Gasteiger partial charge < -0.3 is 9.42 Å². The van der Waals surface area contributed by atoms with Crippen molar-refractivity contribution in [3.8, 4) is 0 Å². The van der Waals surface area contributed by atoms with Gasteiger partial charge in [0.05, 0.1) is 0 Å². The summed E-state index contributed by atoms with van der Waals surface area (Å²) in [5.74, 6) is 2.18. The summed E-state index contributed by atoms with van der Waals surface area (Å²) in [6, 6.07) is 8.61. The normalized spacial score (nSPS) is 23.3. The first-order valence-corrected chi connectivity index (χ1v) is 9.36. The van der Waals surface area contributed by atoms with Crippen molar-refractivity contribution in [3.63, 3.8) is 0 Å². The Morgan fingerprint density at radius 1 is 1.28 bits per heavy atom. The van der Waals surface area contributed by atoms with Crippen LogP contribution in [0.15, 0.2) is 28.8 Å². The van der Waals surface area contributed by atoms with Crippen molar-refractivity contribution in [3.05, 3.63) is 47.1 Å². The molecule has 4 rings (SSSR count). The zero-order chi connectivity index (χ0) is 17.2. The third kappa shape index (κ3) is 3.46. The third-order valence-corrected chi connectivity index (χ3v) is 5.60. The summed E-state index contributed by atoms with van der Waals surface area (Å²) in [5.41, 5.74) is 2.80. The van der Waals surface area contributed by atoms with Gasteiger partial charge in [0.2, 0.25) is 11.8 Å². The van der Waals surface area contributed by atoms with Crippen molar-refractivity contribution in [1.29, 1.82) is 0 Å². The van der Waals surface area contributed by atoms with Gasteiger partial charge in [-0.25, -0.2) is 0 Å². The molecular weight excluding hydrogens is 314 g/mol. The zero-order valence-electron chi connectivity index (χ0n) is 14.8. The summed E-state index contributed by atoms with van der Waals surface area (Å²) >= 11 is 0. The first-order chi connectivity index (χ1) is 12.2. The van der Waals surface area contributed by atoms with Crippen LogP contribution in [0.4, 0.5) is 0 Å². The molecule has 0 bridgehead atoms. The second kappa shape index (κ2) is 6.98. The Morgan fingerprint density at radius 2 is 2.16 bits per heavy atom. The Labute approximate surface area is 148 Å². The van der Waals surface area contributed by atoms with E-state index >= 15 is 0 Å². The summed E-state index contributed by atoms with van der Waals surface area (Å²) in [4.78, 5) is 19.3. The molecule has 5 heteroatoms. The number of piperidine rings is 1. The minimum atomic E-state index is 0.203. The van der Waals surface area contributed by atoms with Gasteiger partial charge in [-0.3, -0.25) is 4.79 Å². The van der Waals surface area contributed by atoms with E-state index in [1.807, 2.05) is 11.8 Å². The number of hydrogen-bond acceptors (Lipinski definition) is 4. The molecule has 5 nitrogen and oxygen atoms in total. The fraction of sp³-hybridized carbons (Fsp3) is 0.550. The Hall–Kier alpha value is -2.17. The van der Waals surface area contributed by atoms with Crippen LogP contribution in [0.3, 0.4) is 0 Å². The molecule has 2 aromatic rings. The van der Waals surface area contributed by atoms with E-state index in [0.29, 0.717) is 24.8 Å². The standard InChI is InChI=1S/C20H25N3O2/c1-14-21-20(22-25-14)17-9-5-11-23(13-17)19(24)12-16-8-4-7-15-6-2-3-10-18(15)16/h2-3,6,10,16-17H,4-5,7-9,11-13H2,1H3/t16-,17-/m1/s1. The number of carbonyl (C=O) groups is 1. The number of amides is 1. The molecule has 1 aromatic carbocycles. The van der Waals surface area contributed by atoms with Gasteiger partial charge in [-0.05, 0) is 49.1 Å². The number of aryl methyl sites for hydroxylation is 2. The maximum atomic E-state index is 12.9. The van der Waals surface area contributed by atoms with Gasteiger partial charge in [0.25, 0.3) is 0 Å². The van der Waals surface area contributed by atoms with Crippen molar-refractivity contribution < 1.29 is 9.32 Å². The van der Waals surface area contributed by atoms with Crippen LogP contribution in [0.5, 0.6) is 0 Å². The summed E-state index contributed by atoms with van der Waals surface area (Å²) < 4.78 is 5.11. The zero-order valence-corrected chi connectivity index (χ0v) is 14.8. The number of aromatic nitrogens is 2. The highest BCUT2D eigenvalue weighted by atomic mass is 16.5. The van der Waals surface area contributed by atoms with Gasteiger partial charge in [-0.1, -0.05) is 29.4 Å². The van der Waals surface area contributed by atoms with Gasteiger partial charge in [-0.2, -0.15) is 4.98 Å². The molecule has 1 fully saturated rings. The maximum Gasteiger partial charge on any atom is 0.223 e. The highest BCUT2D eigenvalue weighted by molar-refractivity contribution is 5.77. The number of fused-ring (bicyclic) bond motifs is 1. The molecule has 2 aliphatic rings. The minimum Gasteiger partial charge on any atom is -0.342 e. The molecule has 0 unspecified atom stereocenters. The van der Waals surface area contributed by atoms with Crippen LogP contribution in [-0.4, -0.2) is 34.0 Å². The molecule has 1 aliphatic heterocycles. The molecule has 132 valence electrons. The maximum absolute atomic E-state index is 12.9. The second-order valence-electron chi connectivity index (χ2n) is 7.34. The van der Waals surface area contributed by atoms with Crippen LogP contribution in [0.2, 0.25) is 0 Å². The lowest BCUT2D eigenvalue weighted by Gasteiger charge is -2.33. The summed E-state index contributed by atoms with van der Waals surface area (Å²) in [6.07, 6.45) is 6.09. The topological polar surface area (TPSA) is 59.2 Å². The molecule has 0 N–H and O–H groups in total. The van der Waals surface area contributed by atoms with Gasteiger partial charge in [0.1, 0.15) is 0 Å². The van der Waals surface area contributed by atoms with Gasteiger partial charge in [0, 0.05) is 32.4 Å². The fourth-order valence-electron chi connectivity index (χ4n) is 4.30. The molecule has 0 spiro atoms. The summed E-state index contributed by atoms with van der Waals surface area (Å²) in [7, 11) is 0. The predicted octanol–water partition coefficient (Wildman–Crippen LogP) is 3.59. The fourth-order valence-corrected chi connectivity index (χ4v) is 4.30. The lowest BCUT2D eigenvalue weighted by atomic mass is 9.80. The number of rotatable bonds is 3. The Kier molecular flexibility index (Phi) is 4.55. The molecular formula is C20H25N3O2. The molecule has 1 amide bonds. The quantitative estimate of drug-likeness (QED) is 0.857. The Bertz CT molecular complexity index is 755. The van der Waals surface area contributed by atoms with Crippen LogP contribution < -0.4 is 0 Å². The van der Waals surface area contributed by atoms with Crippen LogP contribution in [0.25, 0.3) is 0 Å². The first kappa shape index (κ1) is 16.3. The van der Waals surface area contributed by atoms with Gasteiger partial charge in [-0.15, -0.1) is 0 Å². The molecule has 0 saturated carbocycles. The van der Waals surface area contributed by atoms with E-state index in [1.54, 1.807) is 0 Å². The number of hydrogen-bond donors (Lipinski definition) is 0. The van der Waals surface area contributed by atoms with Gasteiger partial charge >= 0.3 is 0 Å². The number of nitrogens with zero attached hydrogens (tertiary/aromatic N) is 3. The number of likely N-dealkylation sites (tertiary alicyclic amines) is 1. The van der Waals surface area contributed by atoms with Crippen LogP contribution in [-0.2, 0) is 11.2 Å². The van der Waals surface area contributed by atoms with E-state index in [2.05, 4.69) is 34.4 Å². The second-order valence-corrected chi connectivity index (χ2v) is 7.34. The highest BCUT2D eigenvalue weighted by Gasteiger charge is 2.30. The van der Waals surface area contributed by atoms with E-state index < -0.39 is 0 Å². The lowest BCUT2D eigenvalue weighted by Crippen LogP contribution is -2.40.